The number of alkyl halides is 3. The molecule has 0 saturated heterocycles. The highest BCUT2D eigenvalue weighted by molar-refractivity contribution is 7.19. The zero-order valence-electron chi connectivity index (χ0n) is 32.2. The van der Waals surface area contributed by atoms with Gasteiger partial charge < -0.3 is 24.5 Å². The highest BCUT2D eigenvalue weighted by Crippen LogP contribution is 2.33. The van der Waals surface area contributed by atoms with Crippen LogP contribution in [0.25, 0.3) is 21.3 Å². The summed E-state index contributed by atoms with van der Waals surface area (Å²) in [6.07, 6.45) is 6.46. The average molecular weight is 831 g/mol. The van der Waals surface area contributed by atoms with Gasteiger partial charge in [-0.3, -0.25) is 19.7 Å². The molecule has 0 atom stereocenters. The Balaban J connectivity index is 0.861. The van der Waals surface area contributed by atoms with Crippen molar-refractivity contribution < 1.29 is 32.1 Å². The molecule has 0 amide bonds. The van der Waals surface area contributed by atoms with Crippen LogP contribution in [0.4, 0.5) is 17.6 Å². The highest BCUT2D eigenvalue weighted by atomic mass is 32.1. The summed E-state index contributed by atoms with van der Waals surface area (Å²) < 4.78 is 69.3. The second kappa shape index (κ2) is 18.9. The van der Waals surface area contributed by atoms with Crippen LogP contribution in [0.15, 0.2) is 84.2 Å². The number of aryl methyl sites for hydroxylation is 4. The van der Waals surface area contributed by atoms with Crippen molar-refractivity contribution in [3.8, 4) is 11.5 Å². The number of halogens is 4. The van der Waals surface area contributed by atoms with E-state index in [2.05, 4.69) is 25.4 Å². The Labute approximate surface area is 340 Å². The predicted molar refractivity (Wildman–Crippen MR) is 215 cm³/mol. The van der Waals surface area contributed by atoms with Crippen LogP contribution in [-0.2, 0) is 52.2 Å². The van der Waals surface area contributed by atoms with E-state index in [4.69, 9.17) is 14.5 Å². The Morgan fingerprint density at radius 2 is 1.73 bits per heavy atom. The molecule has 59 heavy (non-hydrogen) atoms. The fraction of sp³-hybridized carbons (Fsp3) is 0.333. The summed E-state index contributed by atoms with van der Waals surface area (Å²) in [6, 6.07) is 13.8. The van der Waals surface area contributed by atoms with Crippen LogP contribution in [-0.4, -0.2) is 59.1 Å². The van der Waals surface area contributed by atoms with Crippen LogP contribution >= 0.6 is 11.3 Å². The number of nitrogens with one attached hydrogen (secondary N) is 1. The number of fused-ring (bicyclic) bond motifs is 3. The molecule has 5 heterocycles. The minimum atomic E-state index is -4.81. The fourth-order valence-corrected chi connectivity index (χ4v) is 7.76. The lowest BCUT2D eigenvalue weighted by molar-refractivity contribution is -0.140. The molecule has 0 aliphatic heterocycles. The number of thiazole rings is 1. The molecule has 0 saturated carbocycles. The van der Waals surface area contributed by atoms with Crippen molar-refractivity contribution in [2.75, 3.05) is 19.8 Å². The van der Waals surface area contributed by atoms with E-state index in [1.165, 1.54) is 10.7 Å². The zero-order valence-corrected chi connectivity index (χ0v) is 33.0. The van der Waals surface area contributed by atoms with Crippen LogP contribution in [0.1, 0.15) is 58.0 Å². The molecule has 12 nitrogen and oxygen atoms in total. The van der Waals surface area contributed by atoms with Crippen molar-refractivity contribution in [2.45, 2.75) is 64.4 Å². The molecule has 2 aromatic carbocycles. The number of benzene rings is 2. The van der Waals surface area contributed by atoms with E-state index in [1.54, 1.807) is 54.3 Å². The smallest absolute Gasteiger partial charge is 0.419 e. The topological polar surface area (TPSA) is 142 Å². The maximum Gasteiger partial charge on any atom is 0.419 e. The molecule has 0 fully saturated rings. The minimum Gasteiger partial charge on any atom is -0.494 e. The summed E-state index contributed by atoms with van der Waals surface area (Å²) in [7, 11) is 1.86. The maximum atomic E-state index is 13.7. The second-order valence-electron chi connectivity index (χ2n) is 13.9. The van der Waals surface area contributed by atoms with Crippen LogP contribution in [0, 0.1) is 5.82 Å². The highest BCUT2D eigenvalue weighted by Gasteiger charge is 2.34. The van der Waals surface area contributed by atoms with Crippen LogP contribution in [0.3, 0.4) is 0 Å². The second-order valence-corrected chi connectivity index (χ2v) is 15.0. The van der Waals surface area contributed by atoms with Gasteiger partial charge in [0.25, 0.3) is 5.56 Å². The number of pyridine rings is 1. The van der Waals surface area contributed by atoms with Gasteiger partial charge >= 0.3 is 6.18 Å². The molecule has 0 radical (unpaired) electrons. The summed E-state index contributed by atoms with van der Waals surface area (Å²) in [5.41, 5.74) is 3.35. The third-order valence-corrected chi connectivity index (χ3v) is 10.7. The van der Waals surface area contributed by atoms with Gasteiger partial charge in [-0.2, -0.15) is 18.3 Å². The fourth-order valence-electron chi connectivity index (χ4n) is 6.64. The molecule has 7 rings (SSSR count). The van der Waals surface area contributed by atoms with Gasteiger partial charge in [-0.15, -0.1) is 11.3 Å². The molecule has 2 N–H and O–H groups in total. The molecule has 17 heteroatoms. The van der Waals surface area contributed by atoms with E-state index < -0.39 is 17.6 Å². The first kappa shape index (κ1) is 41.4. The zero-order chi connectivity index (χ0) is 41.4. The maximum absolute atomic E-state index is 13.7. The lowest BCUT2D eigenvalue weighted by Crippen LogP contribution is -2.24. The molecule has 0 spiro atoms. The monoisotopic (exact) mass is 830 g/mol. The Bertz CT molecular complexity index is 2560. The van der Waals surface area contributed by atoms with Gasteiger partial charge in [-0.05, 0) is 80.1 Å². The Hall–Kier alpha value is -5.78. The number of nitrogens with zero attached hydrogens (tertiary/aromatic N) is 7. The van der Waals surface area contributed by atoms with Gasteiger partial charge in [-0.1, -0.05) is 12.1 Å². The third kappa shape index (κ3) is 10.3. The van der Waals surface area contributed by atoms with Gasteiger partial charge in [0.1, 0.15) is 34.4 Å². The molecule has 0 aliphatic rings. The van der Waals surface area contributed by atoms with Gasteiger partial charge in [0.15, 0.2) is 5.65 Å². The standard InChI is InChI=1S/C42H42F4N8O4S/c1-53-38-33(39-40(53)52-37(59-39)21-29-7-2-4-14-48-29)25-51-54(41(38)56)16-6-9-31-24-49-30(23-50-31)8-3-5-18-57-32-11-13-36(28(20-32)22-47-15-17-55)58-26-27-10-12-35(43)34(19-27)42(44,45)46/h2,4,7,10-14,19-20,23-25,47,55H,3,5-6,8-9,15-18,21-22,26H2,1H3. The molecular weight excluding hydrogens is 789 g/mol. The minimum absolute atomic E-state index is 0.0742. The number of aliphatic hydroxyl groups excluding tert-OH is 1. The molecule has 308 valence electrons. The molecule has 5 aromatic heterocycles. The largest absolute Gasteiger partial charge is 0.494 e. The summed E-state index contributed by atoms with van der Waals surface area (Å²) in [5.74, 6) is -0.328. The van der Waals surface area contributed by atoms with E-state index in [-0.39, 0.29) is 24.3 Å². The van der Waals surface area contributed by atoms with Gasteiger partial charge in [0, 0.05) is 68.3 Å². The van der Waals surface area contributed by atoms with Crippen LogP contribution in [0.5, 0.6) is 11.5 Å². The van der Waals surface area contributed by atoms with Crippen LogP contribution in [0.2, 0.25) is 0 Å². The van der Waals surface area contributed by atoms with Gasteiger partial charge in [-0.25, -0.2) is 14.1 Å². The summed E-state index contributed by atoms with van der Waals surface area (Å²) in [5, 5.41) is 18.5. The lowest BCUT2D eigenvalue weighted by atomic mass is 10.1. The number of rotatable bonds is 19. The molecule has 7 aromatic rings. The van der Waals surface area contributed by atoms with Crippen molar-refractivity contribution in [1.82, 2.24) is 39.6 Å². The first-order chi connectivity index (χ1) is 28.6. The first-order valence-corrected chi connectivity index (χ1v) is 20.0. The first-order valence-electron chi connectivity index (χ1n) is 19.2. The van der Waals surface area contributed by atoms with Gasteiger partial charge in [0.2, 0.25) is 0 Å². The number of ether oxygens (including phenoxy) is 2. The summed E-state index contributed by atoms with van der Waals surface area (Å²) in [6.45, 7) is 1.26. The number of unbranched alkanes of at least 4 members (excludes halogenated alkanes) is 1. The van der Waals surface area contributed by atoms with E-state index in [0.717, 1.165) is 62.8 Å². The Kier molecular flexibility index (Phi) is 13.2. The summed E-state index contributed by atoms with van der Waals surface area (Å²) >= 11 is 1.56. The Morgan fingerprint density at radius 3 is 2.47 bits per heavy atom. The lowest BCUT2D eigenvalue weighted by Gasteiger charge is -2.15. The van der Waals surface area contributed by atoms with Crippen molar-refractivity contribution in [3.05, 3.63) is 134 Å². The SMILES string of the molecule is Cn1c2nc(Cc3ccccn3)sc2c2cnn(CCCc3cnc(CCCCOc4ccc(OCc5ccc(F)c(C(F)(F)F)c5)c(CNCCO)c4)cn3)c(=O)c21. The van der Waals surface area contributed by atoms with Crippen molar-refractivity contribution in [2.24, 2.45) is 7.05 Å². The van der Waals surface area contributed by atoms with E-state index in [0.29, 0.717) is 74.5 Å². The predicted octanol–water partition coefficient (Wildman–Crippen LogP) is 6.97. The third-order valence-electron chi connectivity index (χ3n) is 9.65. The number of hydrogen-bond donors (Lipinski definition) is 2. The van der Waals surface area contributed by atoms with Crippen LogP contribution < -0.4 is 20.3 Å². The molecule has 0 bridgehead atoms. The van der Waals surface area contributed by atoms with Crippen molar-refractivity contribution in [3.63, 3.8) is 0 Å². The van der Waals surface area contributed by atoms with Crippen molar-refractivity contribution >= 4 is 32.6 Å². The summed E-state index contributed by atoms with van der Waals surface area (Å²) in [4.78, 5) is 31.8. The van der Waals surface area contributed by atoms with E-state index >= 15 is 0 Å². The molecule has 0 unspecified atom stereocenters. The number of aliphatic hydroxyl groups is 1. The van der Waals surface area contributed by atoms with Gasteiger partial charge in [0.05, 0.1) is 41.1 Å². The Morgan fingerprint density at radius 1 is 0.915 bits per heavy atom. The van der Waals surface area contributed by atoms with E-state index in [1.807, 2.05) is 29.8 Å². The number of aromatic nitrogens is 7. The average Bonchev–Trinajstić information content (AvgIpc) is 3.76. The van der Waals surface area contributed by atoms with Crippen molar-refractivity contribution in [1.29, 1.82) is 0 Å². The quantitative estimate of drug-likeness (QED) is 0.0648. The molecule has 0 aliphatic carbocycles. The molecular formula is C42H42F4N8O4S. The number of hydrogen-bond acceptors (Lipinski definition) is 11. The normalized spacial score (nSPS) is 11.8. The van der Waals surface area contributed by atoms with E-state index in [9.17, 15) is 27.5 Å².